The summed E-state index contributed by atoms with van der Waals surface area (Å²) in [5.41, 5.74) is 3.74. The minimum Gasteiger partial charge on any atom is -0.281 e. The minimum atomic E-state index is -3.49. The maximum atomic E-state index is 13.0. The topological polar surface area (TPSA) is 66.1 Å². The molecule has 1 atom stereocenters. The largest absolute Gasteiger partial charge is 0.281 e. The van der Waals surface area contributed by atoms with Gasteiger partial charge in [-0.1, -0.05) is 24.3 Å². The van der Waals surface area contributed by atoms with Crippen LogP contribution in [0.4, 0.5) is 0 Å². The van der Waals surface area contributed by atoms with Gasteiger partial charge in [-0.2, -0.15) is 21.2 Å². The van der Waals surface area contributed by atoms with E-state index < -0.39 is 10.0 Å². The van der Waals surface area contributed by atoms with Crippen molar-refractivity contribution >= 4 is 21.8 Å². The highest BCUT2D eigenvalue weighted by molar-refractivity contribution is 7.99. The maximum absolute atomic E-state index is 13.0. The Balaban J connectivity index is 1.82. The molecular weight excluding hydrogens is 342 g/mol. The van der Waals surface area contributed by atoms with Gasteiger partial charge in [0.05, 0.1) is 11.4 Å². The van der Waals surface area contributed by atoms with Gasteiger partial charge in [0.1, 0.15) is 4.90 Å². The van der Waals surface area contributed by atoms with E-state index in [2.05, 4.69) is 35.3 Å². The molecule has 1 fully saturated rings. The predicted molar refractivity (Wildman–Crippen MR) is 97.8 cm³/mol. The molecule has 1 saturated heterocycles. The van der Waals surface area contributed by atoms with Crippen LogP contribution in [0.2, 0.25) is 0 Å². The summed E-state index contributed by atoms with van der Waals surface area (Å²) in [6.45, 7) is 6.69. The van der Waals surface area contributed by atoms with Crippen molar-refractivity contribution in [2.75, 3.05) is 18.8 Å². The van der Waals surface area contributed by atoms with Crippen LogP contribution >= 0.6 is 11.8 Å². The molecule has 0 radical (unpaired) electrons. The number of H-pyrrole nitrogens is 1. The number of rotatable bonds is 3. The molecule has 1 aromatic carbocycles. The molecule has 0 amide bonds. The number of hydrogen-bond donors (Lipinski definition) is 1. The van der Waals surface area contributed by atoms with Crippen LogP contribution in [0.5, 0.6) is 0 Å². The Hall–Kier alpha value is -1.31. The monoisotopic (exact) mass is 365 g/mol. The van der Waals surface area contributed by atoms with Crippen LogP contribution in [0.25, 0.3) is 0 Å². The lowest BCUT2D eigenvalue weighted by Gasteiger charge is -2.20. The molecule has 1 aliphatic rings. The molecular formula is C17H23N3O2S2. The number of nitrogens with one attached hydrogen (secondary N) is 1. The van der Waals surface area contributed by atoms with E-state index in [0.29, 0.717) is 34.6 Å². The van der Waals surface area contributed by atoms with Gasteiger partial charge in [0.2, 0.25) is 10.0 Å². The summed E-state index contributed by atoms with van der Waals surface area (Å²) in [6, 6.07) is 8.37. The molecule has 1 aromatic heterocycles. The van der Waals surface area contributed by atoms with Crippen LogP contribution in [0.1, 0.15) is 34.2 Å². The standard InChI is InChI=1S/C17H23N3O2S2/c1-12-6-4-5-7-15(12)16-8-9-20(10-11-23-16)24(21,22)17-13(2)18-19-14(17)3/h4-7,16H,8-11H2,1-3H3,(H,18,19). The number of aromatic amines is 1. The summed E-state index contributed by atoms with van der Waals surface area (Å²) in [6.07, 6.45) is 0.824. The smallest absolute Gasteiger partial charge is 0.246 e. The second kappa shape index (κ2) is 6.90. The second-order valence-electron chi connectivity index (χ2n) is 6.17. The van der Waals surface area contributed by atoms with Crippen LogP contribution in [-0.2, 0) is 10.0 Å². The molecule has 2 heterocycles. The fraction of sp³-hybridized carbons (Fsp3) is 0.471. The number of thioether (sulfide) groups is 1. The Morgan fingerprint density at radius 1 is 1.21 bits per heavy atom. The number of sulfonamides is 1. The first kappa shape index (κ1) is 17.5. The summed E-state index contributed by atoms with van der Waals surface area (Å²) in [7, 11) is -3.49. The van der Waals surface area contributed by atoms with Crippen LogP contribution in [0.3, 0.4) is 0 Å². The molecule has 0 saturated carbocycles. The normalized spacial score (nSPS) is 20.0. The molecule has 5 nitrogen and oxygen atoms in total. The minimum absolute atomic E-state index is 0.335. The Morgan fingerprint density at radius 3 is 2.62 bits per heavy atom. The fourth-order valence-electron chi connectivity index (χ4n) is 3.24. The molecule has 24 heavy (non-hydrogen) atoms. The quantitative estimate of drug-likeness (QED) is 0.907. The van der Waals surface area contributed by atoms with Crippen LogP contribution in [0, 0.1) is 20.8 Å². The lowest BCUT2D eigenvalue weighted by atomic mass is 10.0. The van der Waals surface area contributed by atoms with Crippen LogP contribution < -0.4 is 0 Å². The van der Waals surface area contributed by atoms with E-state index in [1.807, 2.05) is 17.8 Å². The van der Waals surface area contributed by atoms with E-state index >= 15 is 0 Å². The first-order valence-electron chi connectivity index (χ1n) is 8.10. The van der Waals surface area contributed by atoms with Crippen molar-refractivity contribution in [2.45, 2.75) is 37.3 Å². The SMILES string of the molecule is Cc1ccccc1C1CCN(S(=O)(=O)c2c(C)n[nH]c2C)CCS1. The molecule has 2 aromatic rings. The average molecular weight is 366 g/mol. The lowest BCUT2D eigenvalue weighted by molar-refractivity contribution is 0.427. The zero-order valence-corrected chi connectivity index (χ0v) is 15.9. The Labute approximate surface area is 147 Å². The van der Waals surface area contributed by atoms with Crippen molar-refractivity contribution in [2.24, 2.45) is 0 Å². The van der Waals surface area contributed by atoms with Gasteiger partial charge in [0.25, 0.3) is 0 Å². The molecule has 1 unspecified atom stereocenters. The number of benzene rings is 1. The highest BCUT2D eigenvalue weighted by Crippen LogP contribution is 2.37. The van der Waals surface area contributed by atoms with E-state index in [9.17, 15) is 8.42 Å². The van der Waals surface area contributed by atoms with Gasteiger partial charge in [0.15, 0.2) is 0 Å². The van der Waals surface area contributed by atoms with Gasteiger partial charge in [-0.25, -0.2) is 8.42 Å². The van der Waals surface area contributed by atoms with E-state index in [1.165, 1.54) is 11.1 Å². The van der Waals surface area contributed by atoms with Gasteiger partial charge >= 0.3 is 0 Å². The number of hydrogen-bond acceptors (Lipinski definition) is 4. The van der Waals surface area contributed by atoms with Crippen LogP contribution in [-0.4, -0.2) is 41.8 Å². The Kier molecular flexibility index (Phi) is 5.03. The molecule has 0 aliphatic carbocycles. The summed E-state index contributed by atoms with van der Waals surface area (Å²) < 4.78 is 27.6. The van der Waals surface area contributed by atoms with Gasteiger partial charge in [-0.05, 0) is 38.3 Å². The van der Waals surface area contributed by atoms with E-state index in [0.717, 1.165) is 12.2 Å². The zero-order valence-electron chi connectivity index (χ0n) is 14.2. The predicted octanol–water partition coefficient (Wildman–Crippen LogP) is 3.20. The molecule has 130 valence electrons. The van der Waals surface area contributed by atoms with Crippen LogP contribution in [0.15, 0.2) is 29.2 Å². The highest BCUT2D eigenvalue weighted by atomic mass is 32.2. The van der Waals surface area contributed by atoms with Gasteiger partial charge in [0, 0.05) is 24.1 Å². The third kappa shape index (κ3) is 3.25. The van der Waals surface area contributed by atoms with Crippen molar-refractivity contribution in [1.29, 1.82) is 0 Å². The van der Waals surface area contributed by atoms with E-state index in [-0.39, 0.29) is 0 Å². The summed E-state index contributed by atoms with van der Waals surface area (Å²) in [5, 5.41) is 7.16. The molecule has 0 bridgehead atoms. The molecule has 0 spiro atoms. The number of nitrogens with zero attached hydrogens (tertiary/aromatic N) is 2. The van der Waals surface area contributed by atoms with Gasteiger partial charge in [-0.15, -0.1) is 0 Å². The average Bonchev–Trinajstić information content (AvgIpc) is 2.76. The number of aromatic nitrogens is 2. The van der Waals surface area contributed by atoms with Gasteiger partial charge < -0.3 is 0 Å². The molecule has 7 heteroatoms. The van der Waals surface area contributed by atoms with E-state index in [4.69, 9.17) is 0 Å². The highest BCUT2D eigenvalue weighted by Gasteiger charge is 2.32. The zero-order chi connectivity index (χ0) is 17.3. The Morgan fingerprint density at radius 2 is 1.96 bits per heavy atom. The van der Waals surface area contributed by atoms with Crippen molar-refractivity contribution in [1.82, 2.24) is 14.5 Å². The van der Waals surface area contributed by atoms with Crippen molar-refractivity contribution in [3.05, 3.63) is 46.8 Å². The molecule has 1 N–H and O–H groups in total. The van der Waals surface area contributed by atoms with Crippen molar-refractivity contribution in [3.63, 3.8) is 0 Å². The molecule has 1 aliphatic heterocycles. The number of aryl methyl sites for hydroxylation is 3. The third-order valence-corrected chi connectivity index (χ3v) is 7.97. The lowest BCUT2D eigenvalue weighted by Crippen LogP contribution is -2.33. The summed E-state index contributed by atoms with van der Waals surface area (Å²) in [4.78, 5) is 0.335. The fourth-order valence-corrected chi connectivity index (χ4v) is 6.47. The maximum Gasteiger partial charge on any atom is 0.246 e. The third-order valence-electron chi connectivity index (χ3n) is 4.49. The summed E-state index contributed by atoms with van der Waals surface area (Å²) in [5.74, 6) is 0.800. The van der Waals surface area contributed by atoms with E-state index in [1.54, 1.807) is 18.2 Å². The summed E-state index contributed by atoms with van der Waals surface area (Å²) >= 11 is 1.85. The first-order chi connectivity index (χ1) is 11.4. The van der Waals surface area contributed by atoms with Crippen molar-refractivity contribution < 1.29 is 8.42 Å². The van der Waals surface area contributed by atoms with Gasteiger partial charge in [-0.3, -0.25) is 5.10 Å². The molecule has 3 rings (SSSR count). The second-order valence-corrected chi connectivity index (χ2v) is 9.36. The first-order valence-corrected chi connectivity index (χ1v) is 10.6. The van der Waals surface area contributed by atoms with Crippen molar-refractivity contribution in [3.8, 4) is 0 Å². The Bertz CT molecular complexity index is 811.